The number of carboxylic acid groups (broad SMARTS) is 1. The Morgan fingerprint density at radius 1 is 1.44 bits per heavy atom. The molecule has 0 spiro atoms. The van der Waals surface area contributed by atoms with Gasteiger partial charge in [0.15, 0.2) is 0 Å². The van der Waals surface area contributed by atoms with Gasteiger partial charge in [0.1, 0.15) is 0 Å². The van der Waals surface area contributed by atoms with Crippen LogP contribution in [-0.2, 0) is 20.6 Å². The molecule has 1 rings (SSSR count). The second-order valence-electron chi connectivity index (χ2n) is 3.61. The van der Waals surface area contributed by atoms with Crippen molar-refractivity contribution in [3.8, 4) is 6.07 Å². The van der Waals surface area contributed by atoms with E-state index < -0.39 is 16.0 Å². The van der Waals surface area contributed by atoms with Gasteiger partial charge in [0.2, 0.25) is 10.0 Å². The molecule has 0 bridgehead atoms. The summed E-state index contributed by atoms with van der Waals surface area (Å²) < 4.78 is 25.4. The fourth-order valence-corrected chi connectivity index (χ4v) is 2.45. The number of nitriles is 1. The number of nitrogens with zero attached hydrogens (tertiary/aromatic N) is 1. The lowest BCUT2D eigenvalue weighted by Gasteiger charge is -2.05. The molecular weight excluding hydrogens is 256 g/mol. The maximum absolute atomic E-state index is 11.6. The lowest BCUT2D eigenvalue weighted by Crippen LogP contribution is -2.27. The summed E-state index contributed by atoms with van der Waals surface area (Å²) in [4.78, 5) is 10.3. The summed E-state index contributed by atoms with van der Waals surface area (Å²) in [5.41, 5.74) is 0.866. The third-order valence-corrected chi connectivity index (χ3v) is 3.43. The van der Waals surface area contributed by atoms with Crippen molar-refractivity contribution in [2.24, 2.45) is 0 Å². The maximum atomic E-state index is 11.6. The minimum atomic E-state index is -3.58. The molecule has 2 N–H and O–H groups in total. The first-order valence-electron chi connectivity index (χ1n) is 5.11. The zero-order valence-electron chi connectivity index (χ0n) is 9.46. The average Bonchev–Trinajstić information content (AvgIpc) is 2.27. The monoisotopic (exact) mass is 268 g/mol. The molecule has 96 valence electrons. The molecule has 0 fully saturated rings. The van der Waals surface area contributed by atoms with E-state index in [9.17, 15) is 13.2 Å². The van der Waals surface area contributed by atoms with E-state index in [1.54, 1.807) is 18.2 Å². The lowest BCUT2D eigenvalue weighted by molar-refractivity contribution is -0.136. The summed E-state index contributed by atoms with van der Waals surface area (Å²) in [5, 5.41) is 17.1. The number of aliphatic carboxylic acids is 1. The van der Waals surface area contributed by atoms with E-state index in [0.29, 0.717) is 11.1 Å². The number of carboxylic acids is 1. The SMILES string of the molecule is N#Cc1cccc(CS(=O)(=O)NCCC(=O)O)c1. The Kier molecular flexibility index (Phi) is 4.83. The number of rotatable bonds is 6. The zero-order valence-corrected chi connectivity index (χ0v) is 10.3. The average molecular weight is 268 g/mol. The smallest absolute Gasteiger partial charge is 0.304 e. The molecular formula is C11H12N2O4S. The Bertz CT molecular complexity index is 575. The van der Waals surface area contributed by atoms with Crippen LogP contribution in [0.25, 0.3) is 0 Å². The molecule has 0 saturated carbocycles. The van der Waals surface area contributed by atoms with Gasteiger partial charge in [0.05, 0.1) is 23.8 Å². The molecule has 7 heteroatoms. The summed E-state index contributed by atoms with van der Waals surface area (Å²) in [6.45, 7) is -0.143. The van der Waals surface area contributed by atoms with Crippen LogP contribution in [0.4, 0.5) is 0 Å². The van der Waals surface area contributed by atoms with Crippen molar-refractivity contribution in [1.82, 2.24) is 4.72 Å². The number of benzene rings is 1. The van der Waals surface area contributed by atoms with Crippen LogP contribution in [0.5, 0.6) is 0 Å². The molecule has 0 amide bonds. The summed E-state index contributed by atoms with van der Waals surface area (Å²) >= 11 is 0. The molecule has 0 radical (unpaired) electrons. The van der Waals surface area contributed by atoms with Crippen LogP contribution in [0.2, 0.25) is 0 Å². The van der Waals surface area contributed by atoms with E-state index in [1.165, 1.54) is 6.07 Å². The molecule has 1 aromatic rings. The first-order chi connectivity index (χ1) is 8.43. The van der Waals surface area contributed by atoms with E-state index in [4.69, 9.17) is 10.4 Å². The first kappa shape index (κ1) is 14.2. The van der Waals surface area contributed by atoms with Gasteiger partial charge in [-0.25, -0.2) is 13.1 Å². The largest absolute Gasteiger partial charge is 0.481 e. The molecule has 1 aromatic carbocycles. The number of nitrogens with one attached hydrogen (secondary N) is 1. The minimum Gasteiger partial charge on any atom is -0.481 e. The second-order valence-corrected chi connectivity index (χ2v) is 5.42. The van der Waals surface area contributed by atoms with Gasteiger partial charge in [-0.2, -0.15) is 5.26 Å². The first-order valence-corrected chi connectivity index (χ1v) is 6.76. The fourth-order valence-electron chi connectivity index (χ4n) is 1.31. The summed E-state index contributed by atoms with van der Waals surface area (Å²) in [6, 6.07) is 8.17. The fraction of sp³-hybridized carbons (Fsp3) is 0.273. The summed E-state index contributed by atoms with van der Waals surface area (Å²) in [5.74, 6) is -1.34. The predicted octanol–water partition coefficient (Wildman–Crippen LogP) is 0.452. The molecule has 6 nitrogen and oxygen atoms in total. The Labute approximate surface area is 105 Å². The van der Waals surface area contributed by atoms with Crippen LogP contribution in [0.15, 0.2) is 24.3 Å². The topological polar surface area (TPSA) is 107 Å². The molecule has 0 aliphatic carbocycles. The Morgan fingerprint density at radius 3 is 2.78 bits per heavy atom. The van der Waals surface area contributed by atoms with Crippen LogP contribution in [0.3, 0.4) is 0 Å². The van der Waals surface area contributed by atoms with Gasteiger partial charge in [-0.1, -0.05) is 12.1 Å². The third-order valence-electron chi connectivity index (χ3n) is 2.07. The molecule has 18 heavy (non-hydrogen) atoms. The van der Waals surface area contributed by atoms with Crippen molar-refractivity contribution in [3.63, 3.8) is 0 Å². The van der Waals surface area contributed by atoms with Gasteiger partial charge >= 0.3 is 5.97 Å². The highest BCUT2D eigenvalue weighted by molar-refractivity contribution is 7.88. The van der Waals surface area contributed by atoms with Crippen LogP contribution >= 0.6 is 0 Å². The van der Waals surface area contributed by atoms with E-state index >= 15 is 0 Å². The van der Waals surface area contributed by atoms with Crippen molar-refractivity contribution in [2.45, 2.75) is 12.2 Å². The van der Waals surface area contributed by atoms with Crippen LogP contribution < -0.4 is 4.72 Å². The highest BCUT2D eigenvalue weighted by Gasteiger charge is 2.12. The zero-order chi connectivity index (χ0) is 13.6. The van der Waals surface area contributed by atoms with Gasteiger partial charge in [0, 0.05) is 6.54 Å². The number of carbonyl (C=O) groups is 1. The standard InChI is InChI=1S/C11H12N2O4S/c12-7-9-2-1-3-10(6-9)8-18(16,17)13-5-4-11(14)15/h1-3,6,13H,4-5,8H2,(H,14,15). The maximum Gasteiger partial charge on any atom is 0.304 e. The van der Waals surface area contributed by atoms with Crippen molar-refractivity contribution < 1.29 is 18.3 Å². The molecule has 0 atom stereocenters. The van der Waals surface area contributed by atoms with E-state index in [0.717, 1.165) is 0 Å². The molecule has 0 aliphatic rings. The Hall–Kier alpha value is -1.91. The van der Waals surface area contributed by atoms with Crippen molar-refractivity contribution in [3.05, 3.63) is 35.4 Å². The molecule has 0 saturated heterocycles. The normalized spacial score (nSPS) is 10.8. The van der Waals surface area contributed by atoms with Gasteiger partial charge in [-0.05, 0) is 17.7 Å². The van der Waals surface area contributed by atoms with Crippen LogP contribution in [0, 0.1) is 11.3 Å². The summed E-state index contributed by atoms with van der Waals surface area (Å²) in [7, 11) is -3.58. The van der Waals surface area contributed by atoms with E-state index in [2.05, 4.69) is 4.72 Å². The van der Waals surface area contributed by atoms with Crippen molar-refractivity contribution in [1.29, 1.82) is 5.26 Å². The Balaban J connectivity index is 2.65. The number of sulfonamides is 1. The van der Waals surface area contributed by atoms with Crippen LogP contribution in [-0.4, -0.2) is 26.0 Å². The van der Waals surface area contributed by atoms with Gasteiger partial charge < -0.3 is 5.11 Å². The summed E-state index contributed by atoms with van der Waals surface area (Å²) in [6.07, 6.45) is -0.266. The predicted molar refractivity (Wildman–Crippen MR) is 64.0 cm³/mol. The highest BCUT2D eigenvalue weighted by Crippen LogP contribution is 2.07. The third kappa shape index (κ3) is 4.95. The van der Waals surface area contributed by atoms with Crippen molar-refractivity contribution in [2.75, 3.05) is 6.54 Å². The number of hydrogen-bond acceptors (Lipinski definition) is 4. The second kappa shape index (κ2) is 6.14. The Morgan fingerprint density at radius 2 is 2.17 bits per heavy atom. The quantitative estimate of drug-likeness (QED) is 0.779. The van der Waals surface area contributed by atoms with Gasteiger partial charge in [-0.15, -0.1) is 0 Å². The number of hydrogen-bond donors (Lipinski definition) is 2. The molecule has 0 heterocycles. The van der Waals surface area contributed by atoms with Gasteiger partial charge in [0.25, 0.3) is 0 Å². The van der Waals surface area contributed by atoms with E-state index in [1.807, 2.05) is 6.07 Å². The molecule has 0 unspecified atom stereocenters. The van der Waals surface area contributed by atoms with Crippen molar-refractivity contribution >= 4 is 16.0 Å². The van der Waals surface area contributed by atoms with Gasteiger partial charge in [-0.3, -0.25) is 4.79 Å². The molecule has 0 aliphatic heterocycles. The molecule has 0 aromatic heterocycles. The highest BCUT2D eigenvalue weighted by atomic mass is 32.2. The van der Waals surface area contributed by atoms with Crippen LogP contribution in [0.1, 0.15) is 17.5 Å². The van der Waals surface area contributed by atoms with E-state index in [-0.39, 0.29) is 18.7 Å². The lowest BCUT2D eigenvalue weighted by atomic mass is 10.2. The minimum absolute atomic E-state index is 0.143.